The van der Waals surface area contributed by atoms with Crippen LogP contribution in [0.4, 0.5) is 0 Å². The van der Waals surface area contributed by atoms with E-state index in [2.05, 4.69) is 10.2 Å². The summed E-state index contributed by atoms with van der Waals surface area (Å²) in [6.07, 6.45) is 1.69. The summed E-state index contributed by atoms with van der Waals surface area (Å²) < 4.78 is 11.8. The van der Waals surface area contributed by atoms with Crippen LogP contribution in [0.25, 0.3) is 10.6 Å². The average Bonchev–Trinajstić information content (AvgIpc) is 2.76. The molecule has 0 aliphatic carbocycles. The third-order valence-corrected chi connectivity index (χ3v) is 5.27. The van der Waals surface area contributed by atoms with Crippen molar-refractivity contribution in [2.24, 2.45) is 0 Å². The highest BCUT2D eigenvalue weighted by atomic mass is 32.2. The number of thioether (sulfide) groups is 1. The number of aromatic nitrogens is 2. The topological polar surface area (TPSA) is 42.9 Å². The first-order chi connectivity index (χ1) is 7.75. The SMILES string of the molecule is CS(=O)CSc1nnc(-c2ccccc2)s1. The monoisotopic (exact) mass is 270 g/mol. The van der Waals surface area contributed by atoms with E-state index in [1.165, 1.54) is 23.1 Å². The molecule has 0 radical (unpaired) electrons. The maximum Gasteiger partial charge on any atom is 0.175 e. The van der Waals surface area contributed by atoms with Crippen LogP contribution in [-0.4, -0.2) is 25.7 Å². The van der Waals surface area contributed by atoms with Crippen LogP contribution in [0.5, 0.6) is 0 Å². The Labute approximate surface area is 105 Å². The summed E-state index contributed by atoms with van der Waals surface area (Å²) in [5.41, 5.74) is 1.07. The molecule has 0 amide bonds. The van der Waals surface area contributed by atoms with Crippen molar-refractivity contribution >= 4 is 33.9 Å². The highest BCUT2D eigenvalue weighted by Gasteiger charge is 2.06. The van der Waals surface area contributed by atoms with Crippen molar-refractivity contribution in [3.8, 4) is 10.6 Å². The minimum absolute atomic E-state index is 0.573. The molecule has 0 saturated carbocycles. The van der Waals surface area contributed by atoms with Gasteiger partial charge in [0.05, 0.1) is 5.08 Å². The third kappa shape index (κ3) is 3.13. The van der Waals surface area contributed by atoms with Crippen molar-refractivity contribution in [1.29, 1.82) is 0 Å². The predicted molar refractivity (Wildman–Crippen MR) is 70.1 cm³/mol. The fraction of sp³-hybridized carbons (Fsp3) is 0.200. The summed E-state index contributed by atoms with van der Waals surface area (Å²) in [5.74, 6) is 0. The molecule has 0 fully saturated rings. The standard InChI is InChI=1S/C10H10N2OS3/c1-16(13)7-14-10-12-11-9(15-10)8-5-3-2-4-6-8/h2-6H,7H2,1H3. The summed E-state index contributed by atoms with van der Waals surface area (Å²) in [4.78, 5) is 0. The second-order valence-electron chi connectivity index (χ2n) is 3.07. The Morgan fingerprint density at radius 2 is 2.06 bits per heavy atom. The molecule has 0 spiro atoms. The zero-order valence-electron chi connectivity index (χ0n) is 8.62. The van der Waals surface area contributed by atoms with E-state index < -0.39 is 10.8 Å². The van der Waals surface area contributed by atoms with Crippen molar-refractivity contribution in [3.63, 3.8) is 0 Å². The molecule has 0 saturated heterocycles. The fourth-order valence-electron chi connectivity index (χ4n) is 1.10. The molecule has 1 aromatic carbocycles. The van der Waals surface area contributed by atoms with Gasteiger partial charge in [-0.2, -0.15) is 0 Å². The largest absolute Gasteiger partial charge is 0.259 e. The maximum atomic E-state index is 10.9. The first kappa shape index (κ1) is 11.8. The van der Waals surface area contributed by atoms with Gasteiger partial charge in [0, 0.05) is 22.6 Å². The summed E-state index contributed by atoms with van der Waals surface area (Å²) in [7, 11) is -0.799. The van der Waals surface area contributed by atoms with Crippen LogP contribution < -0.4 is 0 Å². The predicted octanol–water partition coefficient (Wildman–Crippen LogP) is 2.63. The third-order valence-electron chi connectivity index (χ3n) is 1.78. The van der Waals surface area contributed by atoms with E-state index >= 15 is 0 Å². The lowest BCUT2D eigenvalue weighted by Gasteiger charge is -1.92. The number of hydrogen-bond donors (Lipinski definition) is 0. The molecule has 6 heteroatoms. The van der Waals surface area contributed by atoms with E-state index in [1.807, 2.05) is 30.3 Å². The summed E-state index contributed by atoms with van der Waals surface area (Å²) in [6, 6.07) is 9.94. The first-order valence-corrected chi connectivity index (χ1v) is 8.10. The van der Waals surface area contributed by atoms with Gasteiger partial charge in [-0.1, -0.05) is 53.4 Å². The van der Waals surface area contributed by atoms with Crippen molar-refractivity contribution in [3.05, 3.63) is 30.3 Å². The molecule has 3 nitrogen and oxygen atoms in total. The van der Waals surface area contributed by atoms with Gasteiger partial charge in [0.25, 0.3) is 0 Å². The lowest BCUT2D eigenvalue weighted by Crippen LogP contribution is -1.87. The van der Waals surface area contributed by atoms with Gasteiger partial charge in [-0.3, -0.25) is 4.21 Å². The molecule has 2 aromatic rings. The lowest BCUT2D eigenvalue weighted by atomic mass is 10.2. The van der Waals surface area contributed by atoms with Crippen LogP contribution in [0, 0.1) is 0 Å². The van der Waals surface area contributed by atoms with Gasteiger partial charge in [-0.15, -0.1) is 10.2 Å². The van der Waals surface area contributed by atoms with E-state index in [9.17, 15) is 4.21 Å². The van der Waals surface area contributed by atoms with Crippen LogP contribution in [-0.2, 0) is 10.8 Å². The van der Waals surface area contributed by atoms with Crippen molar-refractivity contribution in [1.82, 2.24) is 10.2 Å². The number of hydrogen-bond acceptors (Lipinski definition) is 5. The van der Waals surface area contributed by atoms with E-state index in [-0.39, 0.29) is 0 Å². The number of benzene rings is 1. The van der Waals surface area contributed by atoms with Gasteiger partial charge in [0.15, 0.2) is 4.34 Å². The van der Waals surface area contributed by atoms with E-state index in [0.29, 0.717) is 5.08 Å². The Balaban J connectivity index is 2.11. The molecular weight excluding hydrogens is 260 g/mol. The summed E-state index contributed by atoms with van der Waals surface area (Å²) in [6.45, 7) is 0. The molecule has 1 atom stereocenters. The molecule has 0 aliphatic heterocycles. The summed E-state index contributed by atoms with van der Waals surface area (Å²) >= 11 is 3.02. The minimum Gasteiger partial charge on any atom is -0.259 e. The van der Waals surface area contributed by atoms with E-state index in [0.717, 1.165) is 14.9 Å². The quantitative estimate of drug-likeness (QED) is 0.801. The Morgan fingerprint density at radius 3 is 2.75 bits per heavy atom. The fourth-order valence-corrected chi connectivity index (χ4v) is 3.75. The highest BCUT2D eigenvalue weighted by molar-refractivity contribution is 8.11. The van der Waals surface area contributed by atoms with Crippen molar-refractivity contribution < 1.29 is 4.21 Å². The van der Waals surface area contributed by atoms with Crippen molar-refractivity contribution in [2.45, 2.75) is 4.34 Å². The van der Waals surface area contributed by atoms with Gasteiger partial charge in [0.2, 0.25) is 0 Å². The second kappa shape index (κ2) is 5.56. The molecule has 84 valence electrons. The normalized spacial score (nSPS) is 12.6. The molecule has 0 N–H and O–H groups in total. The van der Waals surface area contributed by atoms with Gasteiger partial charge in [0.1, 0.15) is 5.01 Å². The zero-order valence-corrected chi connectivity index (χ0v) is 11.1. The lowest BCUT2D eigenvalue weighted by molar-refractivity contribution is 0.689. The van der Waals surface area contributed by atoms with Crippen LogP contribution in [0.1, 0.15) is 0 Å². The van der Waals surface area contributed by atoms with Crippen LogP contribution >= 0.6 is 23.1 Å². The smallest absolute Gasteiger partial charge is 0.175 e. The molecule has 1 heterocycles. The Morgan fingerprint density at radius 1 is 1.31 bits per heavy atom. The number of nitrogens with zero attached hydrogens (tertiary/aromatic N) is 2. The molecular formula is C10H10N2OS3. The highest BCUT2D eigenvalue weighted by Crippen LogP contribution is 2.29. The van der Waals surface area contributed by atoms with Crippen LogP contribution in [0.15, 0.2) is 34.7 Å². The van der Waals surface area contributed by atoms with Gasteiger partial charge in [-0.05, 0) is 0 Å². The Hall–Kier alpha value is -0.720. The van der Waals surface area contributed by atoms with E-state index in [1.54, 1.807) is 6.26 Å². The van der Waals surface area contributed by atoms with E-state index in [4.69, 9.17) is 0 Å². The first-order valence-electron chi connectivity index (χ1n) is 4.57. The Kier molecular flexibility index (Phi) is 4.09. The molecule has 16 heavy (non-hydrogen) atoms. The molecule has 1 unspecified atom stereocenters. The molecule has 1 aromatic heterocycles. The van der Waals surface area contributed by atoms with Crippen LogP contribution in [0.2, 0.25) is 0 Å². The number of rotatable bonds is 4. The maximum absolute atomic E-state index is 10.9. The second-order valence-corrected chi connectivity index (χ2v) is 7.08. The van der Waals surface area contributed by atoms with Gasteiger partial charge >= 0.3 is 0 Å². The molecule has 2 rings (SSSR count). The molecule has 0 aliphatic rings. The average molecular weight is 270 g/mol. The Bertz CT molecular complexity index is 484. The van der Waals surface area contributed by atoms with Gasteiger partial charge in [-0.25, -0.2) is 0 Å². The zero-order chi connectivity index (χ0) is 11.4. The van der Waals surface area contributed by atoms with Gasteiger partial charge < -0.3 is 0 Å². The minimum atomic E-state index is -0.799. The summed E-state index contributed by atoms with van der Waals surface area (Å²) in [5, 5.41) is 9.65. The van der Waals surface area contributed by atoms with Crippen LogP contribution in [0.3, 0.4) is 0 Å². The van der Waals surface area contributed by atoms with Crippen molar-refractivity contribution in [2.75, 3.05) is 11.3 Å². The molecule has 0 bridgehead atoms.